The average molecular weight is 484 g/mol. The molecular weight excluding hydrogens is 462 g/mol. The Labute approximate surface area is 188 Å². The molecule has 4 rings (SSSR count). The van der Waals surface area contributed by atoms with Gasteiger partial charge in [0.1, 0.15) is 5.60 Å². The number of nitrogens with zero attached hydrogens (tertiary/aromatic N) is 3. The van der Waals surface area contributed by atoms with Gasteiger partial charge in [0, 0.05) is 10.9 Å². The van der Waals surface area contributed by atoms with Crippen molar-refractivity contribution in [1.29, 1.82) is 0 Å². The predicted octanol–water partition coefficient (Wildman–Crippen LogP) is 4.35. The van der Waals surface area contributed by atoms with Crippen molar-refractivity contribution in [2.75, 3.05) is 4.90 Å². The molecule has 2 aliphatic rings. The first kappa shape index (κ1) is 21.2. The maximum Gasteiger partial charge on any atom is 0.431 e. The van der Waals surface area contributed by atoms with Gasteiger partial charge in [0.25, 0.3) is 5.91 Å². The summed E-state index contributed by atoms with van der Waals surface area (Å²) < 4.78 is 6.35. The summed E-state index contributed by atoms with van der Waals surface area (Å²) in [6.45, 7) is 5.22. The summed E-state index contributed by atoms with van der Waals surface area (Å²) >= 11 is 3.44. The number of anilines is 1. The monoisotopic (exact) mass is 483 g/mol. The van der Waals surface area contributed by atoms with E-state index >= 15 is 0 Å². The van der Waals surface area contributed by atoms with Crippen molar-refractivity contribution in [2.24, 2.45) is 11.0 Å². The molecule has 0 saturated carbocycles. The number of hydrazone groups is 1. The van der Waals surface area contributed by atoms with Crippen molar-refractivity contribution >= 4 is 45.2 Å². The van der Waals surface area contributed by atoms with Gasteiger partial charge in [-0.1, -0.05) is 46.3 Å². The number of carbonyl (C=O) groups is 3. The van der Waals surface area contributed by atoms with E-state index < -0.39 is 29.6 Å². The summed E-state index contributed by atoms with van der Waals surface area (Å²) in [5.74, 6) is -1.58. The van der Waals surface area contributed by atoms with E-state index in [1.54, 1.807) is 45.0 Å². The summed E-state index contributed by atoms with van der Waals surface area (Å²) in [5.41, 5.74) is 1.00. The Morgan fingerprint density at radius 3 is 2.42 bits per heavy atom. The van der Waals surface area contributed by atoms with Crippen molar-refractivity contribution in [3.05, 3.63) is 64.6 Å². The lowest BCUT2D eigenvalue weighted by Gasteiger charge is -2.32. The molecule has 2 aromatic rings. The molecule has 2 atom stereocenters. The second-order valence-corrected chi connectivity index (χ2v) is 9.40. The zero-order valence-electron chi connectivity index (χ0n) is 17.4. The molecule has 31 heavy (non-hydrogen) atoms. The second-order valence-electron chi connectivity index (χ2n) is 8.48. The maximum absolute atomic E-state index is 13.3. The molecular formula is C23H22BrN3O4. The lowest BCUT2D eigenvalue weighted by Crippen LogP contribution is -2.49. The van der Waals surface area contributed by atoms with Crippen LogP contribution in [0.25, 0.3) is 0 Å². The van der Waals surface area contributed by atoms with Gasteiger partial charge in [-0.25, -0.2) is 9.69 Å². The molecule has 1 fully saturated rings. The fourth-order valence-electron chi connectivity index (χ4n) is 3.77. The summed E-state index contributed by atoms with van der Waals surface area (Å²) in [6.07, 6.45) is -0.514. The molecule has 0 radical (unpaired) electrons. The summed E-state index contributed by atoms with van der Waals surface area (Å²) in [4.78, 5) is 40.8. The Kier molecular flexibility index (Phi) is 5.43. The third-order valence-corrected chi connectivity index (χ3v) is 5.54. The fourth-order valence-corrected chi connectivity index (χ4v) is 4.17. The zero-order valence-corrected chi connectivity index (χ0v) is 19.0. The van der Waals surface area contributed by atoms with Gasteiger partial charge in [-0.2, -0.15) is 10.1 Å². The van der Waals surface area contributed by atoms with E-state index in [0.717, 1.165) is 19.9 Å². The number of fused-ring (bicyclic) bond motifs is 1. The fraction of sp³-hybridized carbons (Fsp3) is 0.304. The minimum absolute atomic E-state index is 0.244. The number of rotatable bonds is 2. The second kappa shape index (κ2) is 7.92. The van der Waals surface area contributed by atoms with Crippen molar-refractivity contribution in [3.63, 3.8) is 0 Å². The first-order valence-electron chi connectivity index (χ1n) is 9.94. The average Bonchev–Trinajstić information content (AvgIpc) is 2.97. The van der Waals surface area contributed by atoms with Gasteiger partial charge in [-0.05, 0) is 50.6 Å². The SMILES string of the molecule is CC(C)(C)OC(=O)N1N=C(c2cccc(Br)c2)CC2C(=O)N(c3ccccc3)C(=O)C21. The Bertz CT molecular complexity index is 1080. The van der Waals surface area contributed by atoms with Gasteiger partial charge < -0.3 is 4.74 Å². The number of hydrogen-bond acceptors (Lipinski definition) is 5. The first-order valence-corrected chi connectivity index (χ1v) is 10.7. The van der Waals surface area contributed by atoms with Crippen molar-refractivity contribution in [2.45, 2.75) is 38.8 Å². The molecule has 0 N–H and O–H groups in total. The third kappa shape index (κ3) is 4.12. The highest BCUT2D eigenvalue weighted by molar-refractivity contribution is 9.10. The minimum atomic E-state index is -1.04. The van der Waals surface area contributed by atoms with Crippen molar-refractivity contribution in [3.8, 4) is 0 Å². The Hall–Kier alpha value is -3.00. The molecule has 7 nitrogen and oxygen atoms in total. The van der Waals surface area contributed by atoms with Crippen molar-refractivity contribution in [1.82, 2.24) is 5.01 Å². The van der Waals surface area contributed by atoms with Crippen LogP contribution in [0.1, 0.15) is 32.8 Å². The predicted molar refractivity (Wildman–Crippen MR) is 120 cm³/mol. The molecule has 2 heterocycles. The number of para-hydroxylation sites is 1. The lowest BCUT2D eigenvalue weighted by atomic mass is 9.91. The topological polar surface area (TPSA) is 79.3 Å². The van der Waals surface area contributed by atoms with Crippen LogP contribution in [0.5, 0.6) is 0 Å². The summed E-state index contributed by atoms with van der Waals surface area (Å²) in [5, 5.41) is 5.53. The normalized spacial score (nSPS) is 21.1. The van der Waals surface area contributed by atoms with E-state index in [9.17, 15) is 14.4 Å². The number of hydrogen-bond donors (Lipinski definition) is 0. The van der Waals surface area contributed by atoms with Crippen LogP contribution in [-0.2, 0) is 14.3 Å². The Balaban J connectivity index is 1.77. The number of halogens is 1. The third-order valence-electron chi connectivity index (χ3n) is 5.05. The van der Waals surface area contributed by atoms with Crippen LogP contribution in [0.3, 0.4) is 0 Å². The lowest BCUT2D eigenvalue weighted by molar-refractivity contribution is -0.123. The molecule has 0 bridgehead atoms. The van der Waals surface area contributed by atoms with Crippen LogP contribution >= 0.6 is 15.9 Å². The maximum atomic E-state index is 13.3. The van der Waals surface area contributed by atoms with Crippen LogP contribution in [0.2, 0.25) is 0 Å². The Morgan fingerprint density at radius 1 is 1.06 bits per heavy atom. The van der Waals surface area contributed by atoms with E-state index in [1.807, 2.05) is 30.3 Å². The summed E-state index contributed by atoms with van der Waals surface area (Å²) in [7, 11) is 0. The van der Waals surface area contributed by atoms with Crippen LogP contribution in [0, 0.1) is 5.92 Å². The highest BCUT2D eigenvalue weighted by atomic mass is 79.9. The van der Waals surface area contributed by atoms with Crippen LogP contribution in [-0.4, -0.2) is 40.3 Å². The van der Waals surface area contributed by atoms with Crippen molar-refractivity contribution < 1.29 is 19.1 Å². The molecule has 3 amide bonds. The zero-order chi connectivity index (χ0) is 22.3. The van der Waals surface area contributed by atoms with Crippen LogP contribution in [0.4, 0.5) is 10.5 Å². The van der Waals surface area contributed by atoms with Gasteiger partial charge in [0.2, 0.25) is 5.91 Å². The first-order chi connectivity index (χ1) is 14.7. The van der Waals surface area contributed by atoms with Gasteiger partial charge in [-0.3, -0.25) is 9.59 Å². The molecule has 0 aromatic heterocycles. The van der Waals surface area contributed by atoms with Gasteiger partial charge in [0.05, 0.1) is 17.3 Å². The minimum Gasteiger partial charge on any atom is -0.442 e. The largest absolute Gasteiger partial charge is 0.442 e. The van der Waals surface area contributed by atoms with E-state index in [1.165, 1.54) is 0 Å². The van der Waals surface area contributed by atoms with E-state index in [-0.39, 0.29) is 12.3 Å². The quantitative estimate of drug-likeness (QED) is 0.594. The van der Waals surface area contributed by atoms with E-state index in [2.05, 4.69) is 21.0 Å². The summed E-state index contributed by atoms with van der Waals surface area (Å²) in [6, 6.07) is 15.1. The number of carbonyl (C=O) groups excluding carboxylic acids is 3. The number of imide groups is 1. The Morgan fingerprint density at radius 2 is 1.77 bits per heavy atom. The molecule has 160 valence electrons. The molecule has 1 saturated heterocycles. The highest BCUT2D eigenvalue weighted by Gasteiger charge is 2.55. The molecule has 2 aromatic carbocycles. The van der Waals surface area contributed by atoms with Gasteiger partial charge in [0.15, 0.2) is 6.04 Å². The molecule has 2 aliphatic heterocycles. The van der Waals surface area contributed by atoms with E-state index in [4.69, 9.17) is 4.74 Å². The molecule has 0 aliphatic carbocycles. The van der Waals surface area contributed by atoms with Gasteiger partial charge >= 0.3 is 6.09 Å². The highest BCUT2D eigenvalue weighted by Crippen LogP contribution is 2.36. The van der Waals surface area contributed by atoms with Gasteiger partial charge in [-0.15, -0.1) is 0 Å². The molecule has 0 spiro atoms. The van der Waals surface area contributed by atoms with E-state index in [0.29, 0.717) is 11.4 Å². The molecule has 2 unspecified atom stereocenters. The molecule has 8 heteroatoms. The number of benzene rings is 2. The number of amides is 3. The standard InChI is InChI=1S/C23H22BrN3O4/c1-23(2,3)31-22(30)27-19-17(13-18(25-27)14-8-7-9-15(24)12-14)20(28)26(21(19)29)16-10-5-4-6-11-16/h4-12,17,19H,13H2,1-3H3. The number of ether oxygens (including phenoxy) is 1. The smallest absolute Gasteiger partial charge is 0.431 e. The van der Waals surface area contributed by atoms with Crippen LogP contribution in [0.15, 0.2) is 64.2 Å². The van der Waals surface area contributed by atoms with Crippen LogP contribution < -0.4 is 4.90 Å².